The number of hydrogen-bond acceptors (Lipinski definition) is 1. The molecule has 0 saturated carbocycles. The first-order valence-electron chi connectivity index (χ1n) is 3.72. The highest BCUT2D eigenvalue weighted by Gasteiger charge is 2.00. The molecule has 0 heterocycles. The monoisotopic (exact) mass is 148 g/mol. The van der Waals surface area contributed by atoms with E-state index in [2.05, 4.69) is 6.58 Å². The van der Waals surface area contributed by atoms with Gasteiger partial charge in [-0.1, -0.05) is 31.7 Å². The van der Waals surface area contributed by atoms with Gasteiger partial charge in [0.05, 0.1) is 0 Å². The van der Waals surface area contributed by atoms with Crippen molar-refractivity contribution >= 4 is 5.57 Å². The van der Waals surface area contributed by atoms with Crippen LogP contribution in [0.15, 0.2) is 30.8 Å². The first-order chi connectivity index (χ1) is 5.25. The molecule has 0 aliphatic heterocycles. The van der Waals surface area contributed by atoms with Crippen LogP contribution < -0.4 is 0 Å². The van der Waals surface area contributed by atoms with E-state index in [1.807, 2.05) is 25.1 Å². The number of hydrogen-bond donors (Lipinski definition) is 1. The summed E-state index contributed by atoms with van der Waals surface area (Å²) in [6.07, 6.45) is 0.873. The van der Waals surface area contributed by atoms with Gasteiger partial charge in [-0.05, 0) is 18.1 Å². The minimum Gasteiger partial charge on any atom is -0.507 e. The van der Waals surface area contributed by atoms with Crippen molar-refractivity contribution in [1.82, 2.24) is 0 Å². The molecule has 0 fully saturated rings. The number of phenols is 1. The molecular formula is C10H12O. The quantitative estimate of drug-likeness (QED) is 0.683. The lowest BCUT2D eigenvalue weighted by molar-refractivity contribution is 0.473. The van der Waals surface area contributed by atoms with E-state index in [0.717, 1.165) is 17.6 Å². The van der Waals surface area contributed by atoms with Gasteiger partial charge in [0, 0.05) is 5.56 Å². The van der Waals surface area contributed by atoms with Crippen molar-refractivity contribution in [3.63, 3.8) is 0 Å². The SMILES string of the molecule is C=C(CC)c1ccccc1O. The zero-order valence-corrected chi connectivity index (χ0v) is 6.67. The van der Waals surface area contributed by atoms with E-state index in [1.54, 1.807) is 6.07 Å². The van der Waals surface area contributed by atoms with Crippen molar-refractivity contribution in [3.05, 3.63) is 36.4 Å². The summed E-state index contributed by atoms with van der Waals surface area (Å²) in [5.74, 6) is 0.319. The standard InChI is InChI=1S/C10H12O/c1-3-8(2)9-6-4-5-7-10(9)11/h4-7,11H,2-3H2,1H3. The fourth-order valence-corrected chi connectivity index (χ4v) is 0.963. The molecule has 58 valence electrons. The molecule has 0 aliphatic carbocycles. The molecule has 1 rings (SSSR count). The van der Waals surface area contributed by atoms with Crippen molar-refractivity contribution in [2.45, 2.75) is 13.3 Å². The van der Waals surface area contributed by atoms with E-state index < -0.39 is 0 Å². The molecule has 11 heavy (non-hydrogen) atoms. The summed E-state index contributed by atoms with van der Waals surface area (Å²) in [7, 11) is 0. The highest BCUT2D eigenvalue weighted by atomic mass is 16.3. The highest BCUT2D eigenvalue weighted by Crippen LogP contribution is 2.24. The van der Waals surface area contributed by atoms with Gasteiger partial charge in [0.2, 0.25) is 0 Å². The molecule has 1 aromatic rings. The van der Waals surface area contributed by atoms with Crippen LogP contribution in [0.25, 0.3) is 5.57 Å². The van der Waals surface area contributed by atoms with Gasteiger partial charge in [0.25, 0.3) is 0 Å². The van der Waals surface area contributed by atoms with E-state index in [-0.39, 0.29) is 0 Å². The number of benzene rings is 1. The Kier molecular flexibility index (Phi) is 2.32. The Balaban J connectivity index is 3.03. The van der Waals surface area contributed by atoms with Gasteiger partial charge in [-0.15, -0.1) is 0 Å². The maximum atomic E-state index is 9.35. The van der Waals surface area contributed by atoms with Crippen LogP contribution in [0, 0.1) is 0 Å². The lowest BCUT2D eigenvalue weighted by Crippen LogP contribution is -1.80. The van der Waals surface area contributed by atoms with Gasteiger partial charge in [0.15, 0.2) is 0 Å². The molecule has 0 amide bonds. The number of rotatable bonds is 2. The molecule has 0 aliphatic rings. The Hall–Kier alpha value is -1.24. The Morgan fingerprint density at radius 2 is 2.09 bits per heavy atom. The van der Waals surface area contributed by atoms with E-state index in [9.17, 15) is 5.11 Å². The molecule has 0 aromatic heterocycles. The average molecular weight is 148 g/mol. The Morgan fingerprint density at radius 3 is 2.64 bits per heavy atom. The van der Waals surface area contributed by atoms with Crippen molar-refractivity contribution < 1.29 is 5.11 Å². The zero-order chi connectivity index (χ0) is 8.27. The van der Waals surface area contributed by atoms with Crippen LogP contribution >= 0.6 is 0 Å². The van der Waals surface area contributed by atoms with Crippen LogP contribution in [-0.2, 0) is 0 Å². The second kappa shape index (κ2) is 3.24. The molecule has 1 heteroatoms. The van der Waals surface area contributed by atoms with Crippen LogP contribution in [0.2, 0.25) is 0 Å². The molecule has 0 saturated heterocycles. The van der Waals surface area contributed by atoms with Gasteiger partial charge in [-0.25, -0.2) is 0 Å². The van der Waals surface area contributed by atoms with Gasteiger partial charge >= 0.3 is 0 Å². The molecule has 0 bridgehead atoms. The summed E-state index contributed by atoms with van der Waals surface area (Å²) in [6.45, 7) is 5.87. The third-order valence-corrected chi connectivity index (χ3v) is 1.71. The number of para-hydroxylation sites is 1. The third-order valence-electron chi connectivity index (χ3n) is 1.71. The van der Waals surface area contributed by atoms with Crippen LogP contribution in [0.1, 0.15) is 18.9 Å². The molecule has 1 N–H and O–H groups in total. The van der Waals surface area contributed by atoms with E-state index in [4.69, 9.17) is 0 Å². The van der Waals surface area contributed by atoms with Gasteiger partial charge in [-0.2, -0.15) is 0 Å². The van der Waals surface area contributed by atoms with Crippen molar-refractivity contribution in [1.29, 1.82) is 0 Å². The number of phenolic OH excluding ortho intramolecular Hbond substituents is 1. The largest absolute Gasteiger partial charge is 0.507 e. The second-order valence-corrected chi connectivity index (χ2v) is 2.47. The zero-order valence-electron chi connectivity index (χ0n) is 6.67. The van der Waals surface area contributed by atoms with Crippen molar-refractivity contribution in [2.24, 2.45) is 0 Å². The highest BCUT2D eigenvalue weighted by molar-refractivity contribution is 5.67. The molecule has 1 aromatic carbocycles. The van der Waals surface area contributed by atoms with Crippen molar-refractivity contribution in [2.75, 3.05) is 0 Å². The molecule has 1 nitrogen and oxygen atoms in total. The van der Waals surface area contributed by atoms with Gasteiger partial charge < -0.3 is 5.11 Å². The fraction of sp³-hybridized carbons (Fsp3) is 0.200. The van der Waals surface area contributed by atoms with Crippen molar-refractivity contribution in [3.8, 4) is 5.75 Å². The first kappa shape index (κ1) is 7.86. The average Bonchev–Trinajstić information content (AvgIpc) is 2.04. The first-order valence-corrected chi connectivity index (χ1v) is 3.72. The van der Waals surface area contributed by atoms with Crippen LogP contribution in [0.4, 0.5) is 0 Å². The molecule has 0 radical (unpaired) electrons. The second-order valence-electron chi connectivity index (χ2n) is 2.47. The summed E-state index contributed by atoms with van der Waals surface area (Å²) < 4.78 is 0. The molecular weight excluding hydrogens is 136 g/mol. The van der Waals surface area contributed by atoms with Crippen LogP contribution in [0.3, 0.4) is 0 Å². The summed E-state index contributed by atoms with van der Waals surface area (Å²) in [5.41, 5.74) is 1.83. The topological polar surface area (TPSA) is 20.2 Å². The van der Waals surface area contributed by atoms with E-state index in [0.29, 0.717) is 5.75 Å². The molecule has 0 unspecified atom stereocenters. The normalized spacial score (nSPS) is 9.55. The van der Waals surface area contributed by atoms with Gasteiger partial charge in [-0.3, -0.25) is 0 Å². The predicted octanol–water partition coefficient (Wildman–Crippen LogP) is 2.82. The summed E-state index contributed by atoms with van der Waals surface area (Å²) in [5, 5.41) is 9.35. The lowest BCUT2D eigenvalue weighted by Gasteiger charge is -2.03. The summed E-state index contributed by atoms with van der Waals surface area (Å²) in [4.78, 5) is 0. The maximum absolute atomic E-state index is 9.35. The third kappa shape index (κ3) is 1.61. The van der Waals surface area contributed by atoms with E-state index >= 15 is 0 Å². The predicted molar refractivity (Wildman–Crippen MR) is 47.4 cm³/mol. The summed E-state index contributed by atoms with van der Waals surface area (Å²) >= 11 is 0. The number of aromatic hydroxyl groups is 1. The lowest BCUT2D eigenvalue weighted by atomic mass is 10.0. The Bertz CT molecular complexity index is 263. The maximum Gasteiger partial charge on any atom is 0.123 e. The fourth-order valence-electron chi connectivity index (χ4n) is 0.963. The minimum atomic E-state index is 0.319. The van der Waals surface area contributed by atoms with E-state index in [1.165, 1.54) is 0 Å². The van der Waals surface area contributed by atoms with Crippen LogP contribution in [-0.4, -0.2) is 5.11 Å². The minimum absolute atomic E-state index is 0.319. The Labute approximate surface area is 67.0 Å². The number of allylic oxidation sites excluding steroid dienone is 1. The molecule has 0 atom stereocenters. The summed E-state index contributed by atoms with van der Waals surface area (Å²) in [6, 6.07) is 7.26. The van der Waals surface area contributed by atoms with Crippen LogP contribution in [0.5, 0.6) is 5.75 Å². The molecule has 0 spiro atoms. The Morgan fingerprint density at radius 1 is 1.45 bits per heavy atom. The smallest absolute Gasteiger partial charge is 0.123 e. The van der Waals surface area contributed by atoms with Gasteiger partial charge in [0.1, 0.15) is 5.75 Å².